The van der Waals surface area contributed by atoms with E-state index in [1.54, 1.807) is 10.9 Å². The highest BCUT2D eigenvalue weighted by molar-refractivity contribution is 5.75. The van der Waals surface area contributed by atoms with Crippen LogP contribution in [0, 0.1) is 0 Å². The van der Waals surface area contributed by atoms with Gasteiger partial charge in [-0.1, -0.05) is 0 Å². The predicted octanol–water partition coefficient (Wildman–Crippen LogP) is 1.52. The van der Waals surface area contributed by atoms with Gasteiger partial charge in [0.1, 0.15) is 0 Å². The number of hydrogen-bond acceptors (Lipinski definition) is 3. The van der Waals surface area contributed by atoms with E-state index < -0.39 is 5.97 Å². The summed E-state index contributed by atoms with van der Waals surface area (Å²) >= 11 is 0. The first kappa shape index (κ1) is 15.3. The second kappa shape index (κ2) is 7.10. The number of rotatable bonds is 5. The van der Waals surface area contributed by atoms with Crippen LogP contribution in [0.4, 0.5) is 4.79 Å². The summed E-state index contributed by atoms with van der Waals surface area (Å²) in [6.07, 6.45) is 5.29. The van der Waals surface area contributed by atoms with Crippen LogP contribution in [0.3, 0.4) is 0 Å². The van der Waals surface area contributed by atoms with Gasteiger partial charge in [-0.15, -0.1) is 0 Å². The van der Waals surface area contributed by atoms with E-state index in [1.807, 2.05) is 18.0 Å². The lowest BCUT2D eigenvalue weighted by molar-refractivity contribution is -0.137. The SMILES string of the molecule is Cn1nccc1C1CCCCN1C(=O)NCCCC(=O)O. The zero-order valence-corrected chi connectivity index (χ0v) is 12.3. The summed E-state index contributed by atoms with van der Waals surface area (Å²) in [4.78, 5) is 24.6. The molecule has 1 aromatic heterocycles. The number of amides is 2. The standard InChI is InChI=1S/C14H22N4O3/c1-17-11(7-9-16-17)12-5-2-3-10-18(12)14(21)15-8-4-6-13(19)20/h7,9,12H,2-6,8,10H2,1H3,(H,15,21)(H,19,20). The van der Waals surface area contributed by atoms with Crippen LogP contribution in [0.1, 0.15) is 43.8 Å². The zero-order chi connectivity index (χ0) is 15.2. The molecule has 0 radical (unpaired) electrons. The Morgan fingerprint density at radius 2 is 2.29 bits per heavy atom. The maximum absolute atomic E-state index is 12.3. The lowest BCUT2D eigenvalue weighted by atomic mass is 10.00. The van der Waals surface area contributed by atoms with Gasteiger partial charge in [-0.05, 0) is 31.7 Å². The van der Waals surface area contributed by atoms with Crippen LogP contribution in [0.5, 0.6) is 0 Å². The first-order valence-electron chi connectivity index (χ1n) is 7.33. The van der Waals surface area contributed by atoms with Crippen molar-refractivity contribution in [1.82, 2.24) is 20.0 Å². The highest BCUT2D eigenvalue weighted by Crippen LogP contribution is 2.30. The van der Waals surface area contributed by atoms with Crippen molar-refractivity contribution in [3.05, 3.63) is 18.0 Å². The Labute approximate surface area is 123 Å². The topological polar surface area (TPSA) is 87.5 Å². The molecule has 0 saturated carbocycles. The van der Waals surface area contributed by atoms with Crippen LogP contribution in [0.15, 0.2) is 12.3 Å². The third kappa shape index (κ3) is 3.96. The van der Waals surface area contributed by atoms with Crippen LogP contribution < -0.4 is 5.32 Å². The number of aromatic nitrogens is 2. The maximum Gasteiger partial charge on any atom is 0.317 e. The van der Waals surface area contributed by atoms with Crippen molar-refractivity contribution in [2.45, 2.75) is 38.1 Å². The second-order valence-corrected chi connectivity index (χ2v) is 5.31. The van der Waals surface area contributed by atoms with Gasteiger partial charge >= 0.3 is 12.0 Å². The van der Waals surface area contributed by atoms with Crippen molar-refractivity contribution < 1.29 is 14.7 Å². The van der Waals surface area contributed by atoms with E-state index >= 15 is 0 Å². The lowest BCUT2D eigenvalue weighted by Gasteiger charge is -2.35. The molecular formula is C14H22N4O3. The largest absolute Gasteiger partial charge is 0.481 e. The maximum atomic E-state index is 12.3. The number of piperidine rings is 1. The van der Waals surface area contributed by atoms with Gasteiger partial charge < -0.3 is 15.3 Å². The van der Waals surface area contributed by atoms with Crippen molar-refractivity contribution in [3.63, 3.8) is 0 Å². The smallest absolute Gasteiger partial charge is 0.317 e. The first-order valence-corrected chi connectivity index (χ1v) is 7.33. The second-order valence-electron chi connectivity index (χ2n) is 5.31. The van der Waals surface area contributed by atoms with Crippen LogP contribution in [-0.2, 0) is 11.8 Å². The van der Waals surface area contributed by atoms with E-state index in [2.05, 4.69) is 10.4 Å². The van der Waals surface area contributed by atoms with Gasteiger partial charge in [0.2, 0.25) is 0 Å². The monoisotopic (exact) mass is 294 g/mol. The molecule has 7 nitrogen and oxygen atoms in total. The van der Waals surface area contributed by atoms with E-state index in [9.17, 15) is 9.59 Å². The average Bonchev–Trinajstić information content (AvgIpc) is 2.89. The first-order chi connectivity index (χ1) is 10.1. The molecule has 2 amide bonds. The highest BCUT2D eigenvalue weighted by Gasteiger charge is 2.29. The number of nitrogens with one attached hydrogen (secondary N) is 1. The van der Waals surface area contributed by atoms with Crippen molar-refractivity contribution in [2.75, 3.05) is 13.1 Å². The van der Waals surface area contributed by atoms with Crippen molar-refractivity contribution in [1.29, 1.82) is 0 Å². The summed E-state index contributed by atoms with van der Waals surface area (Å²) in [5.74, 6) is -0.838. The lowest BCUT2D eigenvalue weighted by Crippen LogP contribution is -2.45. The van der Waals surface area contributed by atoms with Crippen molar-refractivity contribution >= 4 is 12.0 Å². The molecule has 1 saturated heterocycles. The summed E-state index contributed by atoms with van der Waals surface area (Å²) in [5.41, 5.74) is 1.04. The van der Waals surface area contributed by atoms with Gasteiger partial charge in [0, 0.05) is 32.8 Å². The van der Waals surface area contributed by atoms with Gasteiger partial charge in [-0.2, -0.15) is 5.10 Å². The third-order valence-electron chi connectivity index (χ3n) is 3.81. The molecule has 21 heavy (non-hydrogen) atoms. The summed E-state index contributed by atoms with van der Waals surface area (Å²) in [7, 11) is 1.88. The van der Waals surface area contributed by atoms with E-state index in [0.717, 1.165) is 31.5 Å². The normalized spacial score (nSPS) is 18.5. The Kier molecular flexibility index (Phi) is 5.19. The molecule has 7 heteroatoms. The van der Waals surface area contributed by atoms with Gasteiger partial charge in [-0.25, -0.2) is 4.79 Å². The van der Waals surface area contributed by atoms with Crippen LogP contribution in [-0.4, -0.2) is 44.9 Å². The van der Waals surface area contributed by atoms with E-state index in [0.29, 0.717) is 13.0 Å². The molecule has 0 aliphatic carbocycles. The minimum absolute atomic E-state index is 0.0470. The van der Waals surface area contributed by atoms with Gasteiger partial charge in [-0.3, -0.25) is 9.48 Å². The number of likely N-dealkylation sites (tertiary alicyclic amines) is 1. The minimum atomic E-state index is -0.838. The Morgan fingerprint density at radius 3 is 2.95 bits per heavy atom. The van der Waals surface area contributed by atoms with Gasteiger partial charge in [0.25, 0.3) is 0 Å². The Hall–Kier alpha value is -2.05. The quantitative estimate of drug-likeness (QED) is 0.806. The van der Waals surface area contributed by atoms with Gasteiger partial charge in [0.05, 0.1) is 11.7 Å². The number of urea groups is 1. The Morgan fingerprint density at radius 1 is 1.48 bits per heavy atom. The number of hydrogen-bond donors (Lipinski definition) is 2. The molecule has 0 bridgehead atoms. The van der Waals surface area contributed by atoms with E-state index in [-0.39, 0.29) is 18.5 Å². The summed E-state index contributed by atoms with van der Waals surface area (Å²) in [6.45, 7) is 1.11. The molecule has 2 heterocycles. The molecule has 0 spiro atoms. The van der Waals surface area contributed by atoms with Crippen LogP contribution >= 0.6 is 0 Å². The molecule has 1 atom stereocenters. The fraction of sp³-hybridized carbons (Fsp3) is 0.643. The molecule has 1 fully saturated rings. The number of nitrogens with zero attached hydrogens (tertiary/aromatic N) is 3. The molecule has 1 aliphatic rings. The third-order valence-corrected chi connectivity index (χ3v) is 3.81. The van der Waals surface area contributed by atoms with E-state index in [1.165, 1.54) is 0 Å². The van der Waals surface area contributed by atoms with E-state index in [4.69, 9.17) is 5.11 Å². The number of carboxylic acids is 1. The molecule has 1 aromatic rings. The average molecular weight is 294 g/mol. The Bertz CT molecular complexity index is 500. The molecule has 2 N–H and O–H groups in total. The van der Waals surface area contributed by atoms with Crippen LogP contribution in [0.2, 0.25) is 0 Å². The van der Waals surface area contributed by atoms with Gasteiger partial charge in [0.15, 0.2) is 0 Å². The highest BCUT2D eigenvalue weighted by atomic mass is 16.4. The molecule has 2 rings (SSSR count). The minimum Gasteiger partial charge on any atom is -0.481 e. The molecule has 116 valence electrons. The molecule has 1 unspecified atom stereocenters. The zero-order valence-electron chi connectivity index (χ0n) is 12.3. The summed E-state index contributed by atoms with van der Waals surface area (Å²) < 4.78 is 1.81. The van der Waals surface area contributed by atoms with Crippen molar-refractivity contribution in [3.8, 4) is 0 Å². The number of aliphatic carboxylic acids is 1. The Balaban J connectivity index is 1.94. The number of carbonyl (C=O) groups is 2. The summed E-state index contributed by atoms with van der Waals surface area (Å²) in [5, 5.41) is 15.6. The number of carboxylic acid groups (broad SMARTS) is 1. The van der Waals surface area contributed by atoms with Crippen molar-refractivity contribution in [2.24, 2.45) is 7.05 Å². The molecule has 0 aromatic carbocycles. The fourth-order valence-corrected chi connectivity index (χ4v) is 2.73. The van der Waals surface area contributed by atoms with Crippen LogP contribution in [0.25, 0.3) is 0 Å². The number of aryl methyl sites for hydroxylation is 1. The predicted molar refractivity (Wildman–Crippen MR) is 76.8 cm³/mol. The summed E-state index contributed by atoms with van der Waals surface area (Å²) in [6, 6.07) is 1.87. The molecular weight excluding hydrogens is 272 g/mol. The number of carbonyl (C=O) groups excluding carboxylic acids is 1. The molecule has 1 aliphatic heterocycles. The fourth-order valence-electron chi connectivity index (χ4n) is 2.73.